The first-order chi connectivity index (χ1) is 7.26. The molecule has 0 saturated heterocycles. The van der Waals surface area contributed by atoms with Gasteiger partial charge in [-0.25, -0.2) is 13.2 Å². The van der Waals surface area contributed by atoms with Crippen molar-refractivity contribution in [3.63, 3.8) is 0 Å². The predicted molar refractivity (Wildman–Crippen MR) is 55.8 cm³/mol. The minimum atomic E-state index is -3.75. The molecule has 7 heteroatoms. The SMILES string of the molecule is CC(C)N(C)S(=O)(=O)c1ccc(C(=O)O)o1. The quantitative estimate of drug-likeness (QED) is 0.857. The number of hydrogen-bond acceptors (Lipinski definition) is 4. The smallest absolute Gasteiger partial charge is 0.371 e. The normalized spacial score (nSPS) is 12.3. The van der Waals surface area contributed by atoms with Crippen LogP contribution in [0.3, 0.4) is 0 Å². The van der Waals surface area contributed by atoms with E-state index in [1.54, 1.807) is 13.8 Å². The molecule has 0 unspecified atom stereocenters. The Hall–Kier alpha value is -1.34. The van der Waals surface area contributed by atoms with Gasteiger partial charge < -0.3 is 9.52 Å². The highest BCUT2D eigenvalue weighted by molar-refractivity contribution is 7.89. The predicted octanol–water partition coefficient (Wildman–Crippen LogP) is 1.01. The minimum Gasteiger partial charge on any atom is -0.475 e. The third-order valence-electron chi connectivity index (χ3n) is 2.15. The van der Waals surface area contributed by atoms with Gasteiger partial charge in [0, 0.05) is 13.1 Å². The lowest BCUT2D eigenvalue weighted by molar-refractivity contribution is 0.0656. The molecule has 0 aliphatic carbocycles. The molecule has 1 N–H and O–H groups in total. The average molecular weight is 247 g/mol. The fourth-order valence-electron chi connectivity index (χ4n) is 0.993. The van der Waals surface area contributed by atoms with Gasteiger partial charge in [0.05, 0.1) is 0 Å². The van der Waals surface area contributed by atoms with Gasteiger partial charge in [0.2, 0.25) is 10.9 Å². The van der Waals surface area contributed by atoms with E-state index in [0.29, 0.717) is 0 Å². The van der Waals surface area contributed by atoms with Crippen LogP contribution in [0.2, 0.25) is 0 Å². The molecule has 0 aromatic carbocycles. The average Bonchev–Trinajstić information content (AvgIpc) is 2.65. The zero-order valence-corrected chi connectivity index (χ0v) is 9.98. The van der Waals surface area contributed by atoms with Crippen molar-refractivity contribution in [3.8, 4) is 0 Å². The molecule has 0 spiro atoms. The highest BCUT2D eigenvalue weighted by atomic mass is 32.2. The standard InChI is InChI=1S/C9H13NO5S/c1-6(2)10(3)16(13,14)8-5-4-7(15-8)9(11)12/h4-6H,1-3H3,(H,11,12). The van der Waals surface area contributed by atoms with Crippen molar-refractivity contribution in [2.45, 2.75) is 25.0 Å². The van der Waals surface area contributed by atoms with Gasteiger partial charge in [-0.3, -0.25) is 0 Å². The van der Waals surface area contributed by atoms with Crippen molar-refractivity contribution < 1.29 is 22.7 Å². The van der Waals surface area contributed by atoms with E-state index in [-0.39, 0.29) is 11.1 Å². The van der Waals surface area contributed by atoms with E-state index in [1.807, 2.05) is 0 Å². The fourth-order valence-corrected chi connectivity index (χ4v) is 2.27. The van der Waals surface area contributed by atoms with Gasteiger partial charge in [0.25, 0.3) is 10.0 Å². The Morgan fingerprint density at radius 3 is 2.38 bits per heavy atom. The van der Waals surface area contributed by atoms with Crippen molar-refractivity contribution >= 4 is 16.0 Å². The van der Waals surface area contributed by atoms with Gasteiger partial charge >= 0.3 is 5.97 Å². The van der Waals surface area contributed by atoms with Gasteiger partial charge in [-0.2, -0.15) is 4.31 Å². The number of sulfonamides is 1. The zero-order chi connectivity index (χ0) is 12.5. The number of carbonyl (C=O) groups is 1. The molecule has 0 radical (unpaired) electrons. The number of aromatic carboxylic acids is 1. The molecular formula is C9H13NO5S. The van der Waals surface area contributed by atoms with Crippen LogP contribution in [-0.2, 0) is 10.0 Å². The molecular weight excluding hydrogens is 234 g/mol. The van der Waals surface area contributed by atoms with Crippen molar-refractivity contribution in [1.29, 1.82) is 0 Å². The molecule has 0 bridgehead atoms. The van der Waals surface area contributed by atoms with Crippen LogP contribution in [0.4, 0.5) is 0 Å². The summed E-state index contributed by atoms with van der Waals surface area (Å²) in [6, 6.07) is 2.02. The maximum absolute atomic E-state index is 11.8. The van der Waals surface area contributed by atoms with Crippen LogP contribution in [0, 0.1) is 0 Å². The van der Waals surface area contributed by atoms with Crippen LogP contribution in [-0.4, -0.2) is 36.9 Å². The second-order valence-corrected chi connectivity index (χ2v) is 5.47. The van der Waals surface area contributed by atoms with Crippen LogP contribution < -0.4 is 0 Å². The topological polar surface area (TPSA) is 87.8 Å². The van der Waals surface area contributed by atoms with Crippen LogP contribution in [0.15, 0.2) is 21.6 Å². The molecule has 0 amide bonds. The van der Waals surface area contributed by atoms with Crippen molar-refractivity contribution in [2.24, 2.45) is 0 Å². The summed E-state index contributed by atoms with van der Waals surface area (Å²) < 4.78 is 29.6. The van der Waals surface area contributed by atoms with E-state index < -0.39 is 21.8 Å². The second kappa shape index (κ2) is 4.26. The lowest BCUT2D eigenvalue weighted by atomic mass is 10.4. The molecule has 90 valence electrons. The lowest BCUT2D eigenvalue weighted by Gasteiger charge is -2.18. The molecule has 1 heterocycles. The fraction of sp³-hybridized carbons (Fsp3) is 0.444. The van der Waals surface area contributed by atoms with E-state index in [4.69, 9.17) is 9.52 Å². The molecule has 16 heavy (non-hydrogen) atoms. The number of furan rings is 1. The summed E-state index contributed by atoms with van der Waals surface area (Å²) in [7, 11) is -2.34. The van der Waals surface area contributed by atoms with Crippen molar-refractivity contribution in [2.75, 3.05) is 7.05 Å². The first kappa shape index (κ1) is 12.7. The molecule has 0 aliphatic rings. The Balaban J connectivity index is 3.13. The number of rotatable bonds is 4. The molecule has 6 nitrogen and oxygen atoms in total. The van der Waals surface area contributed by atoms with Crippen LogP contribution in [0.5, 0.6) is 0 Å². The lowest BCUT2D eigenvalue weighted by Crippen LogP contribution is -2.32. The van der Waals surface area contributed by atoms with Gasteiger partial charge in [0.15, 0.2) is 0 Å². The summed E-state index contributed by atoms with van der Waals surface area (Å²) in [5, 5.41) is 8.25. The monoisotopic (exact) mass is 247 g/mol. The van der Waals surface area contributed by atoms with Gasteiger partial charge in [-0.15, -0.1) is 0 Å². The maximum atomic E-state index is 11.8. The number of hydrogen-bond donors (Lipinski definition) is 1. The molecule has 1 aromatic rings. The van der Waals surface area contributed by atoms with Crippen molar-refractivity contribution in [3.05, 3.63) is 17.9 Å². The van der Waals surface area contributed by atoms with E-state index in [9.17, 15) is 13.2 Å². The third-order valence-corrected chi connectivity index (χ3v) is 4.06. The van der Waals surface area contributed by atoms with Crippen LogP contribution >= 0.6 is 0 Å². The first-order valence-electron chi connectivity index (χ1n) is 4.58. The minimum absolute atomic E-state index is 0.233. The van der Waals surface area contributed by atoms with Gasteiger partial charge in [-0.05, 0) is 26.0 Å². The Morgan fingerprint density at radius 2 is 2.00 bits per heavy atom. The molecule has 0 atom stereocenters. The third kappa shape index (κ3) is 2.25. The summed E-state index contributed by atoms with van der Waals surface area (Å²) in [6.07, 6.45) is 0. The Bertz CT molecular complexity index is 488. The Kier molecular flexibility index (Phi) is 3.39. The van der Waals surface area contributed by atoms with Crippen LogP contribution in [0.1, 0.15) is 24.4 Å². The zero-order valence-electron chi connectivity index (χ0n) is 9.17. The van der Waals surface area contributed by atoms with Crippen LogP contribution in [0.25, 0.3) is 0 Å². The second-order valence-electron chi connectivity index (χ2n) is 3.54. The first-order valence-corrected chi connectivity index (χ1v) is 6.02. The molecule has 1 aromatic heterocycles. The van der Waals surface area contributed by atoms with Crippen molar-refractivity contribution in [1.82, 2.24) is 4.31 Å². The molecule has 0 fully saturated rings. The van der Waals surface area contributed by atoms with E-state index in [1.165, 1.54) is 7.05 Å². The summed E-state index contributed by atoms with van der Waals surface area (Å²) in [4.78, 5) is 10.5. The summed E-state index contributed by atoms with van der Waals surface area (Å²) >= 11 is 0. The number of carboxylic acids is 1. The van der Waals surface area contributed by atoms with E-state index in [2.05, 4.69) is 0 Å². The molecule has 0 saturated carbocycles. The number of nitrogens with zero attached hydrogens (tertiary/aromatic N) is 1. The summed E-state index contributed by atoms with van der Waals surface area (Å²) in [5.41, 5.74) is 0. The van der Waals surface area contributed by atoms with Gasteiger partial charge in [0.1, 0.15) is 0 Å². The van der Waals surface area contributed by atoms with E-state index in [0.717, 1.165) is 16.4 Å². The summed E-state index contributed by atoms with van der Waals surface area (Å²) in [6.45, 7) is 3.41. The highest BCUT2D eigenvalue weighted by Gasteiger charge is 2.27. The van der Waals surface area contributed by atoms with Gasteiger partial charge in [-0.1, -0.05) is 0 Å². The number of carboxylic acid groups (broad SMARTS) is 1. The Morgan fingerprint density at radius 1 is 1.44 bits per heavy atom. The molecule has 0 aliphatic heterocycles. The van der Waals surface area contributed by atoms with E-state index >= 15 is 0 Å². The summed E-state index contributed by atoms with van der Waals surface area (Å²) in [5.74, 6) is -1.69. The largest absolute Gasteiger partial charge is 0.475 e. The Labute approximate surface area is 93.5 Å². The molecule has 1 rings (SSSR count). The highest BCUT2D eigenvalue weighted by Crippen LogP contribution is 2.19. The maximum Gasteiger partial charge on any atom is 0.371 e.